The lowest BCUT2D eigenvalue weighted by Gasteiger charge is -2.29. The maximum atomic E-state index is 13.6. The monoisotopic (exact) mass is 451 g/mol. The highest BCUT2D eigenvalue weighted by Crippen LogP contribution is 2.36. The second-order valence-corrected chi connectivity index (χ2v) is 8.66. The Labute approximate surface area is 188 Å². The van der Waals surface area contributed by atoms with Crippen LogP contribution in [0.25, 0.3) is 10.2 Å². The van der Waals surface area contributed by atoms with Gasteiger partial charge in [0.2, 0.25) is 6.10 Å². The van der Waals surface area contributed by atoms with Crippen molar-refractivity contribution in [3.8, 4) is 11.5 Å². The van der Waals surface area contributed by atoms with Crippen LogP contribution in [0.3, 0.4) is 0 Å². The van der Waals surface area contributed by atoms with Crippen LogP contribution >= 0.6 is 22.9 Å². The van der Waals surface area contributed by atoms with Crippen LogP contribution in [0.5, 0.6) is 11.5 Å². The minimum Gasteiger partial charge on any atom is -0.485 e. The number of carbonyl (C=O) groups excluding carboxylic acids is 1. The summed E-state index contributed by atoms with van der Waals surface area (Å²) < 4.78 is 12.7. The molecule has 0 N–H and O–H groups in total. The molecule has 0 spiro atoms. The van der Waals surface area contributed by atoms with Crippen molar-refractivity contribution in [3.63, 3.8) is 0 Å². The fourth-order valence-corrected chi connectivity index (χ4v) is 4.91. The third-order valence-electron chi connectivity index (χ3n) is 4.98. The van der Waals surface area contributed by atoms with E-state index >= 15 is 0 Å². The van der Waals surface area contributed by atoms with Gasteiger partial charge >= 0.3 is 0 Å². The lowest BCUT2D eigenvalue weighted by atomic mass is 10.2. The maximum Gasteiger partial charge on any atom is 0.273 e. The molecule has 0 radical (unpaired) electrons. The molecule has 6 nitrogen and oxygen atoms in total. The van der Waals surface area contributed by atoms with Crippen molar-refractivity contribution < 1.29 is 14.3 Å². The number of benzene rings is 2. The van der Waals surface area contributed by atoms with E-state index in [9.17, 15) is 4.79 Å². The van der Waals surface area contributed by atoms with E-state index in [1.165, 1.54) is 11.3 Å². The molecule has 8 heteroatoms. The highest BCUT2D eigenvalue weighted by atomic mass is 35.5. The van der Waals surface area contributed by atoms with Crippen LogP contribution in [0, 0.1) is 6.92 Å². The van der Waals surface area contributed by atoms with E-state index in [2.05, 4.69) is 4.98 Å². The van der Waals surface area contributed by atoms with Crippen LogP contribution < -0.4 is 14.4 Å². The van der Waals surface area contributed by atoms with Crippen molar-refractivity contribution in [2.45, 2.75) is 19.6 Å². The zero-order valence-electron chi connectivity index (χ0n) is 16.6. The van der Waals surface area contributed by atoms with E-state index in [1.54, 1.807) is 23.4 Å². The Balaban J connectivity index is 1.52. The number of pyridine rings is 1. The lowest BCUT2D eigenvalue weighted by molar-refractivity contribution is -0.127. The summed E-state index contributed by atoms with van der Waals surface area (Å²) in [7, 11) is 0. The third-order valence-corrected chi connectivity index (χ3v) is 6.23. The molecule has 5 rings (SSSR count). The average molecular weight is 452 g/mol. The quantitative estimate of drug-likeness (QED) is 0.435. The fraction of sp³-hybridized carbons (Fsp3) is 0.174. The number of thiazole rings is 1. The molecule has 3 heterocycles. The predicted molar refractivity (Wildman–Crippen MR) is 121 cm³/mol. The number of anilines is 1. The molecule has 31 heavy (non-hydrogen) atoms. The number of aryl methyl sites for hydroxylation is 1. The van der Waals surface area contributed by atoms with Gasteiger partial charge in [0.1, 0.15) is 6.61 Å². The first-order valence-electron chi connectivity index (χ1n) is 9.74. The number of hydrogen-bond donors (Lipinski definition) is 0. The summed E-state index contributed by atoms with van der Waals surface area (Å²) in [4.78, 5) is 24.1. The largest absolute Gasteiger partial charge is 0.485 e. The van der Waals surface area contributed by atoms with Crippen LogP contribution in [0.2, 0.25) is 5.02 Å². The molecular formula is C23H18ClN3O3S. The first-order chi connectivity index (χ1) is 15.1. The molecule has 0 saturated heterocycles. The summed E-state index contributed by atoms with van der Waals surface area (Å²) in [6.45, 7) is 2.41. The van der Waals surface area contributed by atoms with Gasteiger partial charge < -0.3 is 9.47 Å². The summed E-state index contributed by atoms with van der Waals surface area (Å²) in [5.41, 5.74) is 2.69. The number of fused-ring (bicyclic) bond motifs is 2. The normalized spacial score (nSPS) is 15.1. The minimum absolute atomic E-state index is 0.134. The van der Waals surface area contributed by atoms with E-state index in [0.29, 0.717) is 28.2 Å². The van der Waals surface area contributed by atoms with Gasteiger partial charge in [-0.15, -0.1) is 0 Å². The summed E-state index contributed by atoms with van der Waals surface area (Å²) in [6.07, 6.45) is 2.67. The number of nitrogens with zero attached hydrogens (tertiary/aromatic N) is 3. The van der Waals surface area contributed by atoms with Crippen molar-refractivity contribution in [2.75, 3.05) is 11.5 Å². The Morgan fingerprint density at radius 3 is 2.87 bits per heavy atom. The summed E-state index contributed by atoms with van der Waals surface area (Å²) in [5, 5.41) is 1.22. The number of carbonyl (C=O) groups is 1. The first kappa shape index (κ1) is 19.8. The van der Waals surface area contributed by atoms with Crippen molar-refractivity contribution >= 4 is 44.2 Å². The molecule has 0 fully saturated rings. The number of hydrogen-bond acceptors (Lipinski definition) is 6. The number of amides is 1. The van der Waals surface area contributed by atoms with E-state index in [4.69, 9.17) is 26.1 Å². The summed E-state index contributed by atoms with van der Waals surface area (Å²) in [6, 6.07) is 14.8. The van der Waals surface area contributed by atoms with Gasteiger partial charge in [0.25, 0.3) is 5.91 Å². The van der Waals surface area contributed by atoms with Crippen molar-refractivity contribution in [3.05, 3.63) is 77.1 Å². The van der Waals surface area contributed by atoms with Gasteiger partial charge in [-0.1, -0.05) is 41.1 Å². The average Bonchev–Trinajstić information content (AvgIpc) is 3.21. The van der Waals surface area contributed by atoms with Gasteiger partial charge in [0.05, 0.1) is 16.8 Å². The minimum atomic E-state index is -0.775. The molecule has 0 bridgehead atoms. The van der Waals surface area contributed by atoms with Crippen molar-refractivity contribution in [1.82, 2.24) is 9.97 Å². The molecule has 156 valence electrons. The second kappa shape index (κ2) is 8.17. The third kappa shape index (κ3) is 3.94. The molecule has 1 aliphatic heterocycles. The Kier molecular flexibility index (Phi) is 5.21. The molecule has 0 saturated carbocycles. The smallest absolute Gasteiger partial charge is 0.273 e. The number of halogens is 1. The highest BCUT2D eigenvalue weighted by Gasteiger charge is 2.33. The number of para-hydroxylation sites is 2. The molecule has 1 unspecified atom stereocenters. The lowest BCUT2D eigenvalue weighted by Crippen LogP contribution is -2.46. The van der Waals surface area contributed by atoms with E-state index in [1.807, 2.05) is 49.4 Å². The molecule has 0 aliphatic carbocycles. The molecular weight excluding hydrogens is 434 g/mol. The number of aromatic nitrogens is 2. The molecule has 1 atom stereocenters. The van der Waals surface area contributed by atoms with Gasteiger partial charge in [0, 0.05) is 17.4 Å². The molecule has 1 aliphatic rings. The highest BCUT2D eigenvalue weighted by molar-refractivity contribution is 7.22. The van der Waals surface area contributed by atoms with Crippen molar-refractivity contribution in [2.24, 2.45) is 0 Å². The molecule has 2 aromatic carbocycles. The van der Waals surface area contributed by atoms with Crippen LogP contribution in [0.15, 0.2) is 60.9 Å². The molecule has 4 aromatic rings. The van der Waals surface area contributed by atoms with Crippen LogP contribution in [0.1, 0.15) is 11.1 Å². The first-order valence-corrected chi connectivity index (χ1v) is 10.9. The van der Waals surface area contributed by atoms with Crippen LogP contribution in [0.4, 0.5) is 5.13 Å². The summed E-state index contributed by atoms with van der Waals surface area (Å²) >= 11 is 7.65. The Morgan fingerprint density at radius 2 is 2.06 bits per heavy atom. The zero-order chi connectivity index (χ0) is 21.4. The van der Waals surface area contributed by atoms with E-state index in [-0.39, 0.29) is 12.5 Å². The van der Waals surface area contributed by atoms with E-state index < -0.39 is 6.10 Å². The Morgan fingerprint density at radius 1 is 1.23 bits per heavy atom. The van der Waals surface area contributed by atoms with Crippen molar-refractivity contribution in [1.29, 1.82) is 0 Å². The number of ether oxygens (including phenoxy) is 2. The SMILES string of the molecule is Cc1cc(Cl)cc2sc(N(Cc3cccnc3)C(=O)C3COc4ccccc4O3)nc12. The van der Waals surface area contributed by atoms with Gasteiger partial charge in [-0.05, 0) is 48.4 Å². The van der Waals surface area contributed by atoms with Gasteiger partial charge in [-0.25, -0.2) is 4.98 Å². The van der Waals surface area contributed by atoms with Gasteiger partial charge in [-0.3, -0.25) is 14.7 Å². The Bertz CT molecular complexity index is 1260. The van der Waals surface area contributed by atoms with E-state index in [0.717, 1.165) is 21.3 Å². The second-order valence-electron chi connectivity index (χ2n) is 7.22. The topological polar surface area (TPSA) is 64.6 Å². The molecule has 1 amide bonds. The maximum absolute atomic E-state index is 13.6. The summed E-state index contributed by atoms with van der Waals surface area (Å²) in [5.74, 6) is 0.970. The fourth-order valence-electron chi connectivity index (χ4n) is 3.49. The van der Waals surface area contributed by atoms with Crippen LogP contribution in [-0.4, -0.2) is 28.6 Å². The number of rotatable bonds is 4. The predicted octanol–water partition coefficient (Wildman–Crippen LogP) is 5.03. The Hall–Kier alpha value is -3.16. The zero-order valence-corrected chi connectivity index (χ0v) is 18.2. The van der Waals surface area contributed by atoms with Crippen LogP contribution in [-0.2, 0) is 11.3 Å². The molecule has 2 aromatic heterocycles. The van der Waals surface area contributed by atoms with Gasteiger partial charge in [-0.2, -0.15) is 0 Å². The van der Waals surface area contributed by atoms with Gasteiger partial charge in [0.15, 0.2) is 16.6 Å². The standard InChI is InChI=1S/C23H18ClN3O3S/c1-14-9-16(24)10-20-21(14)26-23(31-20)27(12-15-5-4-8-25-11-15)22(28)19-13-29-17-6-2-3-7-18(17)30-19/h2-11,19H,12-13H2,1H3.